The first-order valence-corrected chi connectivity index (χ1v) is 7.80. The molecule has 0 aliphatic heterocycles. The summed E-state index contributed by atoms with van der Waals surface area (Å²) in [6.45, 7) is 0.484. The van der Waals surface area contributed by atoms with E-state index in [0.29, 0.717) is 17.7 Å². The molecule has 5 heteroatoms. The number of benzene rings is 1. The lowest BCUT2D eigenvalue weighted by Gasteiger charge is -2.08. The van der Waals surface area contributed by atoms with Crippen LogP contribution in [0.15, 0.2) is 53.7 Å². The normalized spacial score (nSPS) is 10.3. The molecular weight excluding hydrogens is 284 g/mol. The largest absolute Gasteiger partial charge is 0.392 e. The molecule has 0 bridgehead atoms. The number of carbonyl (C=O) groups excluding carboxylic acids is 1. The van der Waals surface area contributed by atoms with Crippen molar-refractivity contribution in [3.8, 4) is 0 Å². The number of hydrogen-bond donors (Lipinski definition) is 2. The van der Waals surface area contributed by atoms with E-state index in [1.54, 1.807) is 36.2 Å². The highest BCUT2D eigenvalue weighted by Gasteiger charge is 2.09. The summed E-state index contributed by atoms with van der Waals surface area (Å²) in [5, 5.41) is 13.1. The Labute approximate surface area is 128 Å². The lowest BCUT2D eigenvalue weighted by atomic mass is 10.1. The van der Waals surface area contributed by atoms with Crippen molar-refractivity contribution in [2.45, 2.75) is 18.1 Å². The second kappa shape index (κ2) is 8.44. The fraction of sp³-hybridized carbons (Fsp3) is 0.250. The van der Waals surface area contributed by atoms with E-state index in [1.165, 1.54) is 0 Å². The molecule has 0 saturated heterocycles. The Morgan fingerprint density at radius 3 is 2.76 bits per heavy atom. The summed E-state index contributed by atoms with van der Waals surface area (Å²) in [5.41, 5.74) is 1.19. The van der Waals surface area contributed by atoms with Gasteiger partial charge in [0.15, 0.2) is 0 Å². The molecule has 21 heavy (non-hydrogen) atoms. The van der Waals surface area contributed by atoms with Crippen LogP contribution in [0.3, 0.4) is 0 Å². The van der Waals surface area contributed by atoms with Crippen molar-refractivity contribution in [1.29, 1.82) is 0 Å². The van der Waals surface area contributed by atoms with Crippen molar-refractivity contribution in [3.05, 3.63) is 59.8 Å². The van der Waals surface area contributed by atoms with Gasteiger partial charge in [-0.2, -0.15) is 0 Å². The lowest BCUT2D eigenvalue weighted by Crippen LogP contribution is -2.25. The second-order valence-corrected chi connectivity index (χ2v) is 5.56. The smallest absolute Gasteiger partial charge is 0.251 e. The molecule has 0 radical (unpaired) electrons. The van der Waals surface area contributed by atoms with Gasteiger partial charge in [-0.25, -0.2) is 4.98 Å². The van der Waals surface area contributed by atoms with E-state index in [1.807, 2.05) is 24.3 Å². The van der Waals surface area contributed by atoms with Gasteiger partial charge in [0.25, 0.3) is 5.91 Å². The Kier molecular flexibility index (Phi) is 6.24. The SMILES string of the molecule is O=C(NCCCSc1ccccn1)c1ccccc1CO. The zero-order valence-corrected chi connectivity index (χ0v) is 12.5. The third-order valence-corrected chi connectivity index (χ3v) is 3.96. The van der Waals surface area contributed by atoms with Gasteiger partial charge in [-0.15, -0.1) is 11.8 Å². The van der Waals surface area contributed by atoms with E-state index in [-0.39, 0.29) is 12.5 Å². The van der Waals surface area contributed by atoms with Crippen molar-refractivity contribution in [2.75, 3.05) is 12.3 Å². The van der Waals surface area contributed by atoms with Crippen LogP contribution in [0.2, 0.25) is 0 Å². The zero-order valence-electron chi connectivity index (χ0n) is 11.7. The predicted molar refractivity (Wildman–Crippen MR) is 84.3 cm³/mol. The molecule has 0 spiro atoms. The van der Waals surface area contributed by atoms with Gasteiger partial charge in [0.1, 0.15) is 0 Å². The van der Waals surface area contributed by atoms with Gasteiger partial charge in [0.2, 0.25) is 0 Å². The average Bonchev–Trinajstić information content (AvgIpc) is 2.55. The minimum Gasteiger partial charge on any atom is -0.392 e. The highest BCUT2D eigenvalue weighted by molar-refractivity contribution is 7.99. The molecule has 1 amide bonds. The number of nitrogens with one attached hydrogen (secondary N) is 1. The molecule has 0 saturated carbocycles. The molecule has 0 aliphatic rings. The van der Waals surface area contributed by atoms with Crippen LogP contribution in [0.5, 0.6) is 0 Å². The predicted octanol–water partition coefficient (Wildman–Crippen LogP) is 2.49. The molecule has 2 aromatic rings. The molecular formula is C16H18N2O2S. The Morgan fingerprint density at radius 1 is 1.19 bits per heavy atom. The molecule has 0 fully saturated rings. The minimum absolute atomic E-state index is 0.126. The molecule has 0 unspecified atom stereocenters. The summed E-state index contributed by atoms with van der Waals surface area (Å²) in [4.78, 5) is 16.2. The molecule has 1 aromatic carbocycles. The summed E-state index contributed by atoms with van der Waals surface area (Å²) in [6.07, 6.45) is 2.64. The van der Waals surface area contributed by atoms with Crippen molar-refractivity contribution in [1.82, 2.24) is 10.3 Å². The van der Waals surface area contributed by atoms with Gasteiger partial charge in [-0.05, 0) is 30.2 Å². The summed E-state index contributed by atoms with van der Waals surface area (Å²) in [5.74, 6) is 0.765. The summed E-state index contributed by atoms with van der Waals surface area (Å²) >= 11 is 1.67. The molecule has 110 valence electrons. The molecule has 2 rings (SSSR count). The lowest BCUT2D eigenvalue weighted by molar-refractivity contribution is 0.0950. The van der Waals surface area contributed by atoms with E-state index in [2.05, 4.69) is 10.3 Å². The van der Waals surface area contributed by atoms with Gasteiger partial charge in [0, 0.05) is 24.1 Å². The number of pyridine rings is 1. The minimum atomic E-state index is -0.137. The zero-order chi connectivity index (χ0) is 14.9. The Bertz CT molecular complexity index is 575. The second-order valence-electron chi connectivity index (χ2n) is 4.44. The monoisotopic (exact) mass is 302 g/mol. The Morgan fingerprint density at radius 2 is 2.00 bits per heavy atom. The van der Waals surface area contributed by atoms with Crippen LogP contribution in [-0.4, -0.2) is 28.3 Å². The van der Waals surface area contributed by atoms with Gasteiger partial charge >= 0.3 is 0 Å². The topological polar surface area (TPSA) is 62.2 Å². The van der Waals surface area contributed by atoms with E-state index >= 15 is 0 Å². The quantitative estimate of drug-likeness (QED) is 0.609. The third-order valence-electron chi connectivity index (χ3n) is 2.93. The van der Waals surface area contributed by atoms with Crippen LogP contribution in [0.1, 0.15) is 22.3 Å². The van der Waals surface area contributed by atoms with Crippen LogP contribution < -0.4 is 5.32 Å². The number of aromatic nitrogens is 1. The summed E-state index contributed by atoms with van der Waals surface area (Å²) in [7, 11) is 0. The highest BCUT2D eigenvalue weighted by Crippen LogP contribution is 2.14. The molecule has 0 atom stereocenters. The van der Waals surface area contributed by atoms with Crippen molar-refractivity contribution < 1.29 is 9.90 Å². The van der Waals surface area contributed by atoms with Crippen molar-refractivity contribution >= 4 is 17.7 Å². The number of aliphatic hydroxyl groups excluding tert-OH is 1. The summed E-state index contributed by atoms with van der Waals surface area (Å²) in [6, 6.07) is 12.9. The molecule has 1 heterocycles. The number of aliphatic hydroxyl groups is 1. The van der Waals surface area contributed by atoms with E-state index in [0.717, 1.165) is 17.2 Å². The summed E-state index contributed by atoms with van der Waals surface area (Å²) < 4.78 is 0. The van der Waals surface area contributed by atoms with E-state index in [4.69, 9.17) is 0 Å². The molecule has 2 N–H and O–H groups in total. The van der Waals surface area contributed by atoms with Crippen LogP contribution in [0, 0.1) is 0 Å². The number of nitrogens with zero attached hydrogens (tertiary/aromatic N) is 1. The van der Waals surface area contributed by atoms with Gasteiger partial charge in [0.05, 0.1) is 11.6 Å². The van der Waals surface area contributed by atoms with Crippen LogP contribution in [-0.2, 0) is 6.61 Å². The molecule has 4 nitrogen and oxygen atoms in total. The van der Waals surface area contributed by atoms with Crippen LogP contribution in [0.4, 0.5) is 0 Å². The first-order valence-electron chi connectivity index (χ1n) is 6.82. The van der Waals surface area contributed by atoms with E-state index < -0.39 is 0 Å². The van der Waals surface area contributed by atoms with Crippen LogP contribution >= 0.6 is 11.8 Å². The van der Waals surface area contributed by atoms with Crippen molar-refractivity contribution in [3.63, 3.8) is 0 Å². The molecule has 0 aliphatic carbocycles. The third kappa shape index (κ3) is 4.88. The fourth-order valence-corrected chi connectivity index (χ4v) is 2.67. The number of hydrogen-bond acceptors (Lipinski definition) is 4. The number of rotatable bonds is 7. The van der Waals surface area contributed by atoms with E-state index in [9.17, 15) is 9.90 Å². The van der Waals surface area contributed by atoms with Crippen LogP contribution in [0.25, 0.3) is 0 Å². The maximum Gasteiger partial charge on any atom is 0.251 e. The Hall–Kier alpha value is -1.85. The first kappa shape index (κ1) is 15.5. The Balaban J connectivity index is 1.72. The van der Waals surface area contributed by atoms with Gasteiger partial charge in [-0.1, -0.05) is 24.3 Å². The molecule has 1 aromatic heterocycles. The number of carbonyl (C=O) groups is 1. The number of amides is 1. The first-order chi connectivity index (χ1) is 10.3. The maximum atomic E-state index is 12.0. The van der Waals surface area contributed by atoms with Gasteiger partial charge < -0.3 is 10.4 Å². The standard InChI is InChI=1S/C16H18N2O2S/c19-12-13-6-1-2-7-14(13)16(20)18-10-5-11-21-15-8-3-4-9-17-15/h1-4,6-9,19H,5,10-12H2,(H,18,20). The van der Waals surface area contributed by atoms with Crippen molar-refractivity contribution in [2.24, 2.45) is 0 Å². The van der Waals surface area contributed by atoms with Gasteiger partial charge in [-0.3, -0.25) is 4.79 Å². The maximum absolute atomic E-state index is 12.0. The fourth-order valence-electron chi connectivity index (χ4n) is 1.86. The average molecular weight is 302 g/mol. The number of thioether (sulfide) groups is 1. The highest BCUT2D eigenvalue weighted by atomic mass is 32.2.